The van der Waals surface area contributed by atoms with Crippen LogP contribution in [0.3, 0.4) is 0 Å². The molecule has 0 amide bonds. The molecule has 0 aliphatic heterocycles. The summed E-state index contributed by atoms with van der Waals surface area (Å²) >= 11 is 0. The number of rotatable bonds is 6. The van der Waals surface area contributed by atoms with Gasteiger partial charge in [-0.05, 0) is 60.6 Å². The predicted molar refractivity (Wildman–Crippen MR) is 140 cm³/mol. The molecule has 0 heterocycles. The first-order valence-electron chi connectivity index (χ1n) is 12.9. The first-order valence-corrected chi connectivity index (χ1v) is 14.4. The van der Waals surface area contributed by atoms with Crippen molar-refractivity contribution in [1.82, 2.24) is 4.72 Å². The number of carbonyl (C=O) groups excluding carboxylic acids is 1. The Morgan fingerprint density at radius 2 is 1.34 bits per heavy atom. The molecule has 2 N–H and O–H groups in total. The molecule has 0 spiro atoms. The maximum atomic E-state index is 13.6. The Labute approximate surface area is 221 Å². The zero-order valence-electron chi connectivity index (χ0n) is 20.9. The lowest BCUT2D eigenvalue weighted by atomic mass is 9.60. The molecule has 4 aliphatic carbocycles. The Balaban J connectivity index is 1.41. The molecule has 1 fully saturated rings. The lowest BCUT2D eigenvalue weighted by Crippen LogP contribution is -2.57. The molecule has 7 nitrogen and oxygen atoms in total. The van der Waals surface area contributed by atoms with E-state index in [1.807, 2.05) is 55.5 Å². The highest BCUT2D eigenvalue weighted by atomic mass is 32.2. The van der Waals surface area contributed by atoms with Gasteiger partial charge in [0.1, 0.15) is 6.10 Å². The monoisotopic (exact) mass is 531 g/mol. The van der Waals surface area contributed by atoms with Gasteiger partial charge in [0.2, 0.25) is 10.0 Å². The van der Waals surface area contributed by atoms with Crippen molar-refractivity contribution in [1.29, 1.82) is 0 Å². The number of aryl methyl sites for hydroxylation is 1. The summed E-state index contributed by atoms with van der Waals surface area (Å²) in [5, 5.41) is 9.40. The second-order valence-electron chi connectivity index (χ2n) is 10.6. The van der Waals surface area contributed by atoms with E-state index in [1.165, 1.54) is 0 Å². The molecular formula is C30H29NO6S. The molecule has 38 heavy (non-hydrogen) atoms. The molecule has 7 rings (SSSR count). The zero-order valence-corrected chi connectivity index (χ0v) is 21.7. The van der Waals surface area contributed by atoms with Gasteiger partial charge in [0, 0.05) is 11.8 Å². The number of benzene rings is 3. The van der Waals surface area contributed by atoms with Gasteiger partial charge < -0.3 is 9.84 Å². The van der Waals surface area contributed by atoms with Crippen LogP contribution in [0, 0.1) is 18.8 Å². The highest BCUT2D eigenvalue weighted by molar-refractivity contribution is 7.89. The van der Waals surface area contributed by atoms with Crippen molar-refractivity contribution >= 4 is 22.0 Å². The molecule has 2 bridgehead atoms. The fraction of sp³-hybridized carbons (Fsp3) is 0.333. The van der Waals surface area contributed by atoms with E-state index in [0.717, 1.165) is 27.8 Å². The Kier molecular flexibility index (Phi) is 6.12. The zero-order chi connectivity index (χ0) is 26.6. The van der Waals surface area contributed by atoms with Crippen molar-refractivity contribution in [3.8, 4) is 0 Å². The third-order valence-corrected chi connectivity index (χ3v) is 9.84. The van der Waals surface area contributed by atoms with Gasteiger partial charge in [0.15, 0.2) is 0 Å². The molecule has 0 saturated heterocycles. The van der Waals surface area contributed by atoms with Crippen molar-refractivity contribution in [3.63, 3.8) is 0 Å². The van der Waals surface area contributed by atoms with Crippen LogP contribution in [0.15, 0.2) is 77.7 Å². The third kappa shape index (κ3) is 4.12. The summed E-state index contributed by atoms with van der Waals surface area (Å²) in [6, 6.07) is 21.8. The van der Waals surface area contributed by atoms with Gasteiger partial charge in [0.25, 0.3) is 0 Å². The molecule has 1 saturated carbocycles. The maximum absolute atomic E-state index is 13.6. The minimum Gasteiger partial charge on any atom is -0.481 e. The average Bonchev–Trinajstić information content (AvgIpc) is 3.41. The van der Waals surface area contributed by atoms with Crippen LogP contribution in [0.5, 0.6) is 0 Å². The molecule has 0 unspecified atom stereocenters. The Morgan fingerprint density at radius 1 is 0.816 bits per heavy atom. The Morgan fingerprint density at radius 3 is 1.87 bits per heavy atom. The number of hydrogen-bond donors (Lipinski definition) is 2. The Hall–Kier alpha value is -3.49. The standard InChI is InChI=1S/C30H29NO6S/c1-17-10-14-20(15-11-17)38(35,36)31-27-25-21-6-2-4-8-23(21)26(24-9-5-3-7-22(24)25)28(27)37-30(34)19-13-12-18(16-19)29(32)33/h2-11,14-15,18-19,25-28,31H,12-13,16H2,1H3,(H,32,33)/t18-,19+,25?,26?,27-,28+/m1/s1. The van der Waals surface area contributed by atoms with Gasteiger partial charge in [-0.3, -0.25) is 9.59 Å². The van der Waals surface area contributed by atoms with E-state index in [0.29, 0.717) is 12.8 Å². The first kappa shape index (κ1) is 24.8. The van der Waals surface area contributed by atoms with E-state index < -0.39 is 45.9 Å². The molecule has 3 aromatic carbocycles. The van der Waals surface area contributed by atoms with Crippen LogP contribution < -0.4 is 4.72 Å². The molecule has 8 heteroatoms. The molecule has 3 aromatic rings. The number of carboxylic acid groups (broad SMARTS) is 1. The fourth-order valence-electron chi connectivity index (χ4n) is 6.52. The number of fused-ring (bicyclic) bond motifs is 1. The van der Waals surface area contributed by atoms with Crippen LogP contribution in [0.1, 0.15) is 58.9 Å². The van der Waals surface area contributed by atoms with Crippen LogP contribution in [0.25, 0.3) is 0 Å². The summed E-state index contributed by atoms with van der Waals surface area (Å²) in [6.07, 6.45) is 0.341. The molecule has 4 aliphatic rings. The summed E-state index contributed by atoms with van der Waals surface area (Å²) in [5.74, 6) is -3.13. The van der Waals surface area contributed by atoms with Gasteiger partial charge in [-0.1, -0.05) is 66.2 Å². The highest BCUT2D eigenvalue weighted by Crippen LogP contribution is 2.54. The summed E-state index contributed by atoms with van der Waals surface area (Å²) in [5.41, 5.74) is 5.04. The normalized spacial score (nSPS) is 27.4. The number of hydrogen-bond acceptors (Lipinski definition) is 5. The van der Waals surface area contributed by atoms with E-state index in [-0.39, 0.29) is 23.2 Å². The predicted octanol–water partition coefficient (Wildman–Crippen LogP) is 4.35. The van der Waals surface area contributed by atoms with Crippen LogP contribution in [-0.4, -0.2) is 37.6 Å². The van der Waals surface area contributed by atoms with Crippen LogP contribution in [0.2, 0.25) is 0 Å². The van der Waals surface area contributed by atoms with Crippen LogP contribution in [-0.2, 0) is 24.3 Å². The van der Waals surface area contributed by atoms with Crippen molar-refractivity contribution in [2.45, 2.75) is 55.1 Å². The second-order valence-corrected chi connectivity index (χ2v) is 12.3. The maximum Gasteiger partial charge on any atom is 0.309 e. The number of sulfonamides is 1. The molecule has 4 atom stereocenters. The summed E-state index contributed by atoms with van der Waals surface area (Å²) in [6.45, 7) is 1.89. The average molecular weight is 532 g/mol. The second kappa shape index (κ2) is 9.36. The number of aliphatic carboxylic acids is 1. The SMILES string of the molecule is Cc1ccc(S(=O)(=O)N[C@@H]2C3c4ccccc4C(c4ccccc43)[C@@H]2OC(=O)[C@H]2CC[C@@H](C(=O)O)C2)cc1. The largest absolute Gasteiger partial charge is 0.481 e. The number of ether oxygens (including phenoxy) is 1. The van der Waals surface area contributed by atoms with Crippen molar-refractivity contribution in [3.05, 3.63) is 101 Å². The number of carboxylic acids is 1. The van der Waals surface area contributed by atoms with Gasteiger partial charge >= 0.3 is 11.9 Å². The first-order chi connectivity index (χ1) is 18.2. The van der Waals surface area contributed by atoms with E-state index in [9.17, 15) is 23.1 Å². The van der Waals surface area contributed by atoms with Gasteiger partial charge in [-0.15, -0.1) is 0 Å². The number of esters is 1. The van der Waals surface area contributed by atoms with Gasteiger partial charge in [0.05, 0.1) is 22.8 Å². The highest BCUT2D eigenvalue weighted by Gasteiger charge is 2.53. The van der Waals surface area contributed by atoms with Crippen molar-refractivity contribution in [2.75, 3.05) is 0 Å². The van der Waals surface area contributed by atoms with Gasteiger partial charge in [-0.25, -0.2) is 13.1 Å². The quantitative estimate of drug-likeness (QED) is 0.458. The van der Waals surface area contributed by atoms with Crippen molar-refractivity contribution < 1.29 is 27.9 Å². The fourth-order valence-corrected chi connectivity index (χ4v) is 7.78. The van der Waals surface area contributed by atoms with E-state index >= 15 is 0 Å². The molecule has 0 radical (unpaired) electrons. The number of nitrogens with one attached hydrogen (secondary N) is 1. The van der Waals surface area contributed by atoms with Crippen molar-refractivity contribution in [2.24, 2.45) is 11.8 Å². The molecule has 196 valence electrons. The van der Waals surface area contributed by atoms with Gasteiger partial charge in [-0.2, -0.15) is 0 Å². The third-order valence-electron chi connectivity index (χ3n) is 8.36. The minimum absolute atomic E-state index is 0.149. The topological polar surface area (TPSA) is 110 Å². The minimum atomic E-state index is -3.93. The summed E-state index contributed by atoms with van der Waals surface area (Å²) in [7, 11) is -3.93. The Bertz CT molecular complexity index is 1470. The van der Waals surface area contributed by atoms with E-state index in [1.54, 1.807) is 24.3 Å². The lowest BCUT2D eigenvalue weighted by Gasteiger charge is -2.50. The van der Waals surface area contributed by atoms with E-state index in [2.05, 4.69) is 4.72 Å². The summed E-state index contributed by atoms with van der Waals surface area (Å²) in [4.78, 5) is 25.0. The smallest absolute Gasteiger partial charge is 0.309 e. The summed E-state index contributed by atoms with van der Waals surface area (Å²) < 4.78 is 36.3. The molecule has 0 aromatic heterocycles. The number of carbonyl (C=O) groups is 2. The molecular weight excluding hydrogens is 502 g/mol. The lowest BCUT2D eigenvalue weighted by molar-refractivity contribution is -0.157. The van der Waals surface area contributed by atoms with Crippen LogP contribution in [0.4, 0.5) is 0 Å². The van der Waals surface area contributed by atoms with E-state index in [4.69, 9.17) is 4.74 Å². The van der Waals surface area contributed by atoms with Crippen LogP contribution >= 0.6 is 0 Å².